The summed E-state index contributed by atoms with van der Waals surface area (Å²) in [6.45, 7) is 0. The van der Waals surface area contributed by atoms with E-state index < -0.39 is 0 Å². The summed E-state index contributed by atoms with van der Waals surface area (Å²) in [6.07, 6.45) is 0. The molecule has 0 saturated carbocycles. The van der Waals surface area contributed by atoms with E-state index in [2.05, 4.69) is 0 Å². The molecule has 0 aliphatic rings. The Balaban J connectivity index is 0. The molecule has 0 aromatic rings. The van der Waals surface area contributed by atoms with Gasteiger partial charge in [-0.25, -0.2) is 0 Å². The third-order valence-corrected chi connectivity index (χ3v) is 0. The van der Waals surface area contributed by atoms with Crippen molar-refractivity contribution < 1.29 is 141 Å². The van der Waals surface area contributed by atoms with Crippen LogP contribution in [0.5, 0.6) is 0 Å². The summed E-state index contributed by atoms with van der Waals surface area (Å²) in [5.41, 5.74) is 0. The van der Waals surface area contributed by atoms with Gasteiger partial charge in [0.05, 0.1) is 0 Å². The van der Waals surface area contributed by atoms with Crippen molar-refractivity contribution in [3.63, 3.8) is 0 Å². The summed E-state index contributed by atoms with van der Waals surface area (Å²) in [4.78, 5) is 0. The summed E-state index contributed by atoms with van der Waals surface area (Å²) >= 11 is 0. The van der Waals surface area contributed by atoms with E-state index in [9.17, 15) is 0 Å². The van der Waals surface area contributed by atoms with E-state index >= 15 is 0 Å². The maximum atomic E-state index is 0. The van der Waals surface area contributed by atoms with Crippen LogP contribution >= 0.6 is 0 Å². The van der Waals surface area contributed by atoms with Crippen molar-refractivity contribution in [1.29, 1.82) is 0 Å². The first-order chi connectivity index (χ1) is 0. The fourth-order valence-electron chi connectivity index (χ4n) is 0. The molecule has 0 spiro atoms. The average molecular weight is 943 g/mol. The van der Waals surface area contributed by atoms with Crippen LogP contribution in [0.15, 0.2) is 0 Å². The summed E-state index contributed by atoms with van der Waals surface area (Å²) in [6, 6.07) is 0. The zero-order valence-corrected chi connectivity index (χ0v) is 29.2. The Morgan fingerprint density at radius 3 is 0.333 bits per heavy atom. The molecule has 18 heavy (non-hydrogen) atoms. The van der Waals surface area contributed by atoms with Crippen molar-refractivity contribution in [3.8, 4) is 0 Å². The largest absolute Gasteiger partial charge is 0.813 e. The number of hydrogen-bond acceptors (Lipinski definition) is 3. The van der Waals surface area contributed by atoms with Gasteiger partial charge in [0.15, 0.2) is 0 Å². The number of rotatable bonds is 0. The van der Waals surface area contributed by atoms with E-state index in [-0.39, 0.29) is 280 Å². The van der Waals surface area contributed by atoms with Crippen LogP contribution in [0.3, 0.4) is 0 Å². The van der Waals surface area contributed by atoms with Gasteiger partial charge in [0, 0.05) is 192 Å². The van der Waals surface area contributed by atoms with E-state index in [1.165, 1.54) is 0 Å². The van der Waals surface area contributed by atoms with Gasteiger partial charge in [0.25, 0.3) is 0 Å². The van der Waals surface area contributed by atoms with Gasteiger partial charge in [0.2, 0.25) is 0 Å². The van der Waals surface area contributed by atoms with Crippen LogP contribution in [-0.2, 0) is 222 Å². The van der Waals surface area contributed by atoms with Crippen LogP contribution in [-0.4, -0.2) is 51.2 Å². The van der Waals surface area contributed by atoms with Gasteiger partial charge in [-0.1, -0.05) is 40.5 Å². The van der Waals surface area contributed by atoms with Crippen LogP contribution in [0, 0.1) is 7.43 Å². The van der Waals surface area contributed by atoms with Gasteiger partial charge in [-0.2, -0.15) is 0 Å². The van der Waals surface area contributed by atoms with Crippen molar-refractivity contribution in [2.75, 3.05) is 0 Å². The molecule has 0 aromatic carbocycles. The fraction of sp³-hybridized carbons (Fsp3) is 0. The molecular weight excluding hydrogens is 928 g/mol. The first kappa shape index (κ1) is 254. The molecule has 17 heteroatoms. The molecule has 0 heterocycles. The van der Waals surface area contributed by atoms with Crippen LogP contribution in [0.2, 0.25) is 0 Å². The molecular formula is CH15Fe7MoS6Se3-. The van der Waals surface area contributed by atoms with E-state index in [4.69, 9.17) is 0 Å². The van der Waals surface area contributed by atoms with E-state index in [0.29, 0.717) is 0 Å². The first-order valence-electron chi connectivity index (χ1n) is 0. The predicted octanol–water partition coefficient (Wildman–Crippen LogP) is -3.94. The summed E-state index contributed by atoms with van der Waals surface area (Å²) in [5.74, 6) is 0. The Labute approximate surface area is 274 Å². The minimum Gasteiger partial charge on any atom is -0.813 e. The number of thiol groups is 3. The van der Waals surface area contributed by atoms with Gasteiger partial charge in [-0.15, -0.1) is 0 Å². The zero-order valence-electron chi connectivity index (χ0n) is 8.18. The third kappa shape index (κ3) is 199. The molecule has 0 N–H and O–H groups in total. The molecule has 0 rings (SSSR count). The van der Waals surface area contributed by atoms with Crippen LogP contribution in [0.4, 0.5) is 0 Å². The Kier molecular flexibility index (Phi) is 3190. The van der Waals surface area contributed by atoms with E-state index in [1.807, 2.05) is 0 Å². The van der Waals surface area contributed by atoms with Gasteiger partial charge in [0.1, 0.15) is 0 Å². The van der Waals surface area contributed by atoms with Gasteiger partial charge < -0.3 is 47.9 Å². The van der Waals surface area contributed by atoms with Gasteiger partial charge >= 0.3 is 0 Å². The van der Waals surface area contributed by atoms with Gasteiger partial charge in [-0.3, -0.25) is 0 Å². The summed E-state index contributed by atoms with van der Waals surface area (Å²) in [5, 5.41) is 0. The van der Waals surface area contributed by atoms with Crippen molar-refractivity contribution in [2.45, 2.75) is 0 Å². The first-order valence-corrected chi connectivity index (χ1v) is 0. The summed E-state index contributed by atoms with van der Waals surface area (Å²) in [7, 11) is 0. The third-order valence-electron chi connectivity index (χ3n) is 0. The Bertz CT molecular complexity index is 35.1. The van der Waals surface area contributed by atoms with E-state index in [0.717, 1.165) is 0 Å². The monoisotopic (exact) mass is 948 g/mol. The molecule has 6 radical (unpaired) electrons. The Morgan fingerprint density at radius 1 is 0.333 bits per heavy atom. The second-order valence-corrected chi connectivity index (χ2v) is 0. The number of hydrogen-bond donors (Lipinski definition) is 0. The molecule has 0 saturated heterocycles. The molecule has 0 atom stereocenters. The molecule has 0 unspecified atom stereocenters. The molecule has 136 valence electrons. The molecule has 0 bridgehead atoms. The smallest absolute Gasteiger partial charge is 0 e. The molecule has 0 fully saturated rings. The average Bonchev–Trinajstić information content (AvgIpc) is 0. The fourth-order valence-corrected chi connectivity index (χ4v) is 0. The predicted molar refractivity (Wildman–Crippen MR) is 84.6 cm³/mol. The topological polar surface area (TPSA) is 0 Å². The molecule has 0 aliphatic heterocycles. The van der Waals surface area contributed by atoms with Gasteiger partial charge in [-0.05, 0) is 0 Å². The minimum absolute atomic E-state index is 0. The van der Waals surface area contributed by atoms with Crippen molar-refractivity contribution in [2.24, 2.45) is 0 Å². The minimum atomic E-state index is 0. The molecule has 0 aliphatic carbocycles. The second kappa shape index (κ2) is 225. The maximum Gasteiger partial charge on any atom is 0 e. The standard InChI is InChI=1S/CH3.7Fe.Mo.6H2S.3Se/h1H3;;;;;;;;;6*1H2;;;/q-1;;;;;;;;;;;;;;;;;. The van der Waals surface area contributed by atoms with Crippen LogP contribution < -0.4 is 0 Å². The Morgan fingerprint density at radius 2 is 0.333 bits per heavy atom. The van der Waals surface area contributed by atoms with Crippen molar-refractivity contribution >= 4 is 132 Å². The molecule has 0 amide bonds. The van der Waals surface area contributed by atoms with E-state index in [1.54, 1.807) is 0 Å². The molecule has 0 nitrogen and oxygen atoms in total. The zero-order chi connectivity index (χ0) is 0. The SMILES string of the molecule is [CH3-].[Fe].[Fe].[Fe].[Fe].[Fe].[Fe].[Fe].[Mo].[SH-].[SH-].[SH-].[SH3+].[SH3+].[SH3+].[Se].[Se].[Se]. The van der Waals surface area contributed by atoms with Crippen LogP contribution in [0.1, 0.15) is 0 Å². The quantitative estimate of drug-likeness (QED) is 0.0803. The van der Waals surface area contributed by atoms with Crippen molar-refractivity contribution in [1.82, 2.24) is 0 Å². The van der Waals surface area contributed by atoms with Crippen molar-refractivity contribution in [3.05, 3.63) is 7.43 Å². The Hall–Kier alpha value is 7.98. The summed E-state index contributed by atoms with van der Waals surface area (Å²) < 4.78 is 0. The normalized spacial score (nSPS) is 0. The second-order valence-electron chi connectivity index (χ2n) is 0. The van der Waals surface area contributed by atoms with Crippen LogP contribution in [0.25, 0.3) is 0 Å². The maximum absolute atomic E-state index is 0. The molecule has 0 aromatic heterocycles.